The average molecular weight is 275 g/mol. The third-order valence-corrected chi connectivity index (χ3v) is 2.69. The first-order chi connectivity index (χ1) is 8.18. The smallest absolute Gasteiger partial charge is 0.137 e. The Morgan fingerprint density at radius 2 is 2.33 bits per heavy atom. The van der Waals surface area contributed by atoms with Crippen LogP contribution in [0, 0.1) is 11.2 Å². The van der Waals surface area contributed by atoms with Gasteiger partial charge in [0.2, 0.25) is 0 Å². The molecule has 100 valence electrons. The predicted octanol–water partition coefficient (Wildman–Crippen LogP) is 2.09. The first-order valence-electron chi connectivity index (χ1n) is 5.56. The highest BCUT2D eigenvalue weighted by Gasteiger charge is 2.18. The molecule has 1 fully saturated rings. The van der Waals surface area contributed by atoms with E-state index in [1.165, 1.54) is 12.1 Å². The zero-order valence-electron chi connectivity index (χ0n) is 9.82. The summed E-state index contributed by atoms with van der Waals surface area (Å²) >= 11 is 0. The van der Waals surface area contributed by atoms with Crippen LogP contribution < -0.4 is 10.5 Å². The highest BCUT2D eigenvalue weighted by molar-refractivity contribution is 5.97. The number of nitrogens with one attached hydrogen (secondary N) is 1. The maximum absolute atomic E-state index is 13.5. The quantitative estimate of drug-likeness (QED) is 0.652. The van der Waals surface area contributed by atoms with Gasteiger partial charge in [0.25, 0.3) is 0 Å². The summed E-state index contributed by atoms with van der Waals surface area (Å²) in [6.45, 7) is 1.11. The fourth-order valence-electron chi connectivity index (χ4n) is 1.84. The minimum absolute atomic E-state index is 0. The molecule has 1 aromatic rings. The number of nitrogens with two attached hydrogens (primary N) is 1. The predicted molar refractivity (Wildman–Crippen MR) is 69.1 cm³/mol. The van der Waals surface area contributed by atoms with Crippen LogP contribution in [0.1, 0.15) is 18.4 Å². The fraction of sp³-hybridized carbons (Fsp3) is 0.417. The molecule has 1 atom stereocenters. The molecule has 1 aliphatic heterocycles. The molecule has 0 amide bonds. The molecule has 0 spiro atoms. The third kappa shape index (κ3) is 3.34. The number of rotatable bonds is 4. The monoisotopic (exact) mass is 274 g/mol. The highest BCUT2D eigenvalue weighted by Crippen LogP contribution is 2.22. The molecular weight excluding hydrogens is 259 g/mol. The van der Waals surface area contributed by atoms with Crippen molar-refractivity contribution in [2.75, 3.05) is 13.2 Å². The Morgan fingerprint density at radius 1 is 1.56 bits per heavy atom. The van der Waals surface area contributed by atoms with Crippen LogP contribution in [0.2, 0.25) is 0 Å². The van der Waals surface area contributed by atoms with Crippen LogP contribution in [0.25, 0.3) is 0 Å². The first-order valence-corrected chi connectivity index (χ1v) is 5.56. The lowest BCUT2D eigenvalue weighted by Crippen LogP contribution is -2.20. The number of benzene rings is 1. The minimum Gasteiger partial charge on any atom is -0.490 e. The molecule has 1 aliphatic rings. The molecule has 0 radical (unpaired) electrons. The van der Waals surface area contributed by atoms with Crippen molar-refractivity contribution in [1.29, 1.82) is 5.41 Å². The Kier molecular flexibility index (Phi) is 5.37. The molecule has 2 rings (SSSR count). The summed E-state index contributed by atoms with van der Waals surface area (Å²) in [5.74, 6) is -0.569. The van der Waals surface area contributed by atoms with Crippen LogP contribution in [0.3, 0.4) is 0 Å². The SMILES string of the molecule is Cl.N=C(N)c1c(F)cccc1OCC1CCCO1. The van der Waals surface area contributed by atoms with Gasteiger partial charge in [0, 0.05) is 6.61 Å². The maximum atomic E-state index is 13.5. The van der Waals surface area contributed by atoms with Gasteiger partial charge in [-0.15, -0.1) is 12.4 Å². The second-order valence-electron chi connectivity index (χ2n) is 3.97. The molecule has 1 aromatic carbocycles. The summed E-state index contributed by atoms with van der Waals surface area (Å²) < 4.78 is 24.3. The zero-order chi connectivity index (χ0) is 12.3. The maximum Gasteiger partial charge on any atom is 0.137 e. The lowest BCUT2D eigenvalue weighted by molar-refractivity contribution is 0.0678. The van der Waals surface area contributed by atoms with Gasteiger partial charge in [-0.05, 0) is 25.0 Å². The molecular formula is C12H16ClFN2O2. The van der Waals surface area contributed by atoms with Gasteiger partial charge in [0.15, 0.2) is 0 Å². The van der Waals surface area contributed by atoms with Crippen LogP contribution in [0.15, 0.2) is 18.2 Å². The van der Waals surface area contributed by atoms with Crippen molar-refractivity contribution in [3.8, 4) is 5.75 Å². The van der Waals surface area contributed by atoms with Crippen molar-refractivity contribution in [2.45, 2.75) is 18.9 Å². The Labute approximate surface area is 111 Å². The number of ether oxygens (including phenoxy) is 2. The minimum atomic E-state index is -0.539. The average Bonchev–Trinajstić information content (AvgIpc) is 2.78. The number of halogens is 2. The Hall–Kier alpha value is -1.33. The van der Waals surface area contributed by atoms with Crippen molar-refractivity contribution in [2.24, 2.45) is 5.73 Å². The molecule has 18 heavy (non-hydrogen) atoms. The third-order valence-electron chi connectivity index (χ3n) is 2.69. The van der Waals surface area contributed by atoms with Gasteiger partial charge in [0.05, 0.1) is 11.7 Å². The van der Waals surface area contributed by atoms with E-state index in [1.54, 1.807) is 6.07 Å². The van der Waals surface area contributed by atoms with E-state index in [-0.39, 0.29) is 29.9 Å². The summed E-state index contributed by atoms with van der Waals surface area (Å²) in [4.78, 5) is 0. The van der Waals surface area contributed by atoms with Crippen molar-refractivity contribution in [3.05, 3.63) is 29.6 Å². The number of amidine groups is 1. The molecule has 0 aromatic heterocycles. The molecule has 1 heterocycles. The Morgan fingerprint density at radius 3 is 2.94 bits per heavy atom. The van der Waals surface area contributed by atoms with E-state index in [2.05, 4.69) is 0 Å². The summed E-state index contributed by atoms with van der Waals surface area (Å²) in [5, 5.41) is 7.33. The van der Waals surface area contributed by atoms with Gasteiger partial charge >= 0.3 is 0 Å². The summed E-state index contributed by atoms with van der Waals surface area (Å²) in [6.07, 6.45) is 2.03. The van der Waals surface area contributed by atoms with E-state index >= 15 is 0 Å². The van der Waals surface area contributed by atoms with Crippen molar-refractivity contribution >= 4 is 18.2 Å². The molecule has 0 bridgehead atoms. The molecule has 6 heteroatoms. The normalized spacial score (nSPS) is 18.2. The number of nitrogen functional groups attached to an aromatic ring is 1. The highest BCUT2D eigenvalue weighted by atomic mass is 35.5. The summed E-state index contributed by atoms with van der Waals surface area (Å²) in [5.41, 5.74) is 5.35. The van der Waals surface area contributed by atoms with Gasteiger partial charge in [-0.3, -0.25) is 5.41 Å². The van der Waals surface area contributed by atoms with Gasteiger partial charge in [0.1, 0.15) is 24.0 Å². The van der Waals surface area contributed by atoms with Crippen molar-refractivity contribution in [1.82, 2.24) is 0 Å². The second kappa shape index (κ2) is 6.56. The fourth-order valence-corrected chi connectivity index (χ4v) is 1.84. The van der Waals surface area contributed by atoms with Crippen LogP contribution in [-0.2, 0) is 4.74 Å². The van der Waals surface area contributed by atoms with Gasteiger partial charge in [-0.25, -0.2) is 4.39 Å². The van der Waals surface area contributed by atoms with Crippen LogP contribution in [0.5, 0.6) is 5.75 Å². The lowest BCUT2D eigenvalue weighted by atomic mass is 10.1. The standard InChI is InChI=1S/C12H15FN2O2.ClH/c13-9-4-1-5-10(11(9)12(14)15)17-7-8-3-2-6-16-8;/h1,4-5,8H,2-3,6-7H2,(H3,14,15);1H. The van der Waals surface area contributed by atoms with E-state index < -0.39 is 5.82 Å². The van der Waals surface area contributed by atoms with Crippen LogP contribution in [-0.4, -0.2) is 25.2 Å². The molecule has 0 aliphatic carbocycles. The van der Waals surface area contributed by atoms with Gasteiger partial charge < -0.3 is 15.2 Å². The van der Waals surface area contributed by atoms with Gasteiger partial charge in [-0.1, -0.05) is 6.07 Å². The molecule has 3 N–H and O–H groups in total. The zero-order valence-corrected chi connectivity index (χ0v) is 10.6. The number of hydrogen-bond donors (Lipinski definition) is 2. The molecule has 1 unspecified atom stereocenters. The molecule has 4 nitrogen and oxygen atoms in total. The van der Waals surface area contributed by atoms with Crippen LogP contribution >= 0.6 is 12.4 Å². The summed E-state index contributed by atoms with van der Waals surface area (Å²) in [7, 11) is 0. The van der Waals surface area contributed by atoms with E-state index in [9.17, 15) is 4.39 Å². The van der Waals surface area contributed by atoms with Crippen LogP contribution in [0.4, 0.5) is 4.39 Å². The van der Waals surface area contributed by atoms with E-state index in [4.69, 9.17) is 20.6 Å². The Bertz CT molecular complexity index is 423. The molecule has 1 saturated heterocycles. The van der Waals surface area contributed by atoms with Gasteiger partial charge in [-0.2, -0.15) is 0 Å². The summed E-state index contributed by atoms with van der Waals surface area (Å²) in [6, 6.07) is 4.40. The van der Waals surface area contributed by atoms with E-state index in [0.717, 1.165) is 19.4 Å². The Balaban J connectivity index is 0.00000162. The van der Waals surface area contributed by atoms with Crippen molar-refractivity contribution in [3.63, 3.8) is 0 Å². The van der Waals surface area contributed by atoms with Crippen molar-refractivity contribution < 1.29 is 13.9 Å². The molecule has 0 saturated carbocycles. The number of hydrogen-bond acceptors (Lipinski definition) is 3. The van der Waals surface area contributed by atoms with E-state index in [0.29, 0.717) is 12.4 Å². The topological polar surface area (TPSA) is 68.3 Å². The second-order valence-corrected chi connectivity index (χ2v) is 3.97. The first kappa shape index (κ1) is 14.7. The lowest BCUT2D eigenvalue weighted by Gasteiger charge is -2.14. The largest absolute Gasteiger partial charge is 0.490 e. The van der Waals surface area contributed by atoms with E-state index in [1.807, 2.05) is 0 Å².